The molecule has 0 amide bonds. The Labute approximate surface area is 130 Å². The zero-order chi connectivity index (χ0) is 15.1. The van der Waals surface area contributed by atoms with Crippen molar-refractivity contribution in [3.8, 4) is 0 Å². The third-order valence-corrected chi connectivity index (χ3v) is 5.00. The van der Waals surface area contributed by atoms with Crippen LogP contribution >= 0.6 is 23.6 Å². The van der Waals surface area contributed by atoms with Crippen LogP contribution in [-0.4, -0.2) is 14.5 Å². The number of thiophene rings is 1. The fourth-order valence-electron chi connectivity index (χ4n) is 2.23. The zero-order valence-corrected chi connectivity index (χ0v) is 13.7. The lowest BCUT2D eigenvalue weighted by atomic mass is 10.2. The topological polar surface area (TPSA) is 63.8 Å². The van der Waals surface area contributed by atoms with E-state index in [1.807, 2.05) is 20.8 Å². The van der Waals surface area contributed by atoms with Gasteiger partial charge in [0.25, 0.3) is 5.56 Å². The first-order valence-electron chi connectivity index (χ1n) is 6.67. The predicted molar refractivity (Wildman–Crippen MR) is 85.7 cm³/mol. The highest BCUT2D eigenvalue weighted by molar-refractivity contribution is 7.71. The van der Waals surface area contributed by atoms with Crippen LogP contribution in [0.4, 0.5) is 0 Å². The fourth-order valence-corrected chi connectivity index (χ4v) is 3.59. The van der Waals surface area contributed by atoms with Crippen LogP contribution < -0.4 is 5.56 Å². The van der Waals surface area contributed by atoms with Crippen molar-refractivity contribution in [1.29, 1.82) is 0 Å². The Balaban J connectivity index is 2.16. The second-order valence-electron chi connectivity index (χ2n) is 4.88. The SMILES string of the molecule is CCc1cnc(Cn2c(=S)[nH]c3sc(C)c(C)c3c2=O)o1. The van der Waals surface area contributed by atoms with E-state index in [0.717, 1.165) is 27.5 Å². The standard InChI is InChI=1S/C14H15N3O2S2/c1-4-9-5-15-10(19-9)6-17-13(18)11-7(2)8(3)21-12(11)16-14(17)20/h5H,4,6H2,1-3H3,(H,16,20). The van der Waals surface area contributed by atoms with Gasteiger partial charge in [0, 0.05) is 11.3 Å². The number of hydrogen-bond donors (Lipinski definition) is 1. The molecule has 3 aromatic rings. The molecule has 0 aromatic carbocycles. The maximum Gasteiger partial charge on any atom is 0.263 e. The molecule has 0 aliphatic carbocycles. The number of oxazole rings is 1. The lowest BCUT2D eigenvalue weighted by Crippen LogP contribution is -2.22. The van der Waals surface area contributed by atoms with E-state index in [0.29, 0.717) is 16.0 Å². The first-order valence-corrected chi connectivity index (χ1v) is 7.90. The van der Waals surface area contributed by atoms with Gasteiger partial charge >= 0.3 is 0 Å². The minimum atomic E-state index is -0.0909. The van der Waals surface area contributed by atoms with Crippen LogP contribution in [-0.2, 0) is 13.0 Å². The monoisotopic (exact) mass is 321 g/mol. The molecule has 0 aliphatic heterocycles. The molecule has 110 valence electrons. The molecule has 0 bridgehead atoms. The summed E-state index contributed by atoms with van der Waals surface area (Å²) in [7, 11) is 0. The van der Waals surface area contributed by atoms with E-state index in [2.05, 4.69) is 9.97 Å². The van der Waals surface area contributed by atoms with E-state index >= 15 is 0 Å². The molecule has 3 aromatic heterocycles. The summed E-state index contributed by atoms with van der Waals surface area (Å²) in [6.45, 7) is 6.20. The Kier molecular flexibility index (Phi) is 3.54. The van der Waals surface area contributed by atoms with Crippen LogP contribution in [0, 0.1) is 18.6 Å². The summed E-state index contributed by atoms with van der Waals surface area (Å²) in [5.74, 6) is 1.30. The molecular formula is C14H15N3O2S2. The van der Waals surface area contributed by atoms with E-state index in [9.17, 15) is 4.79 Å². The Morgan fingerprint density at radius 3 is 2.90 bits per heavy atom. The molecular weight excluding hydrogens is 306 g/mol. The van der Waals surface area contributed by atoms with Crippen molar-refractivity contribution >= 4 is 33.8 Å². The van der Waals surface area contributed by atoms with Crippen molar-refractivity contribution in [2.24, 2.45) is 0 Å². The highest BCUT2D eigenvalue weighted by Crippen LogP contribution is 2.25. The maximum absolute atomic E-state index is 12.7. The Morgan fingerprint density at radius 2 is 2.24 bits per heavy atom. The van der Waals surface area contributed by atoms with Gasteiger partial charge in [-0.15, -0.1) is 11.3 Å². The second kappa shape index (κ2) is 5.23. The van der Waals surface area contributed by atoms with Crippen molar-refractivity contribution in [3.63, 3.8) is 0 Å². The van der Waals surface area contributed by atoms with Crippen LogP contribution in [0.1, 0.15) is 29.0 Å². The Bertz CT molecular complexity index is 930. The number of nitrogens with zero attached hydrogens (tertiary/aromatic N) is 2. The summed E-state index contributed by atoms with van der Waals surface area (Å²) in [6, 6.07) is 0. The van der Waals surface area contributed by atoms with Gasteiger partial charge in [-0.05, 0) is 31.6 Å². The Hall–Kier alpha value is -1.73. The lowest BCUT2D eigenvalue weighted by molar-refractivity contribution is 0.442. The molecule has 3 heterocycles. The summed E-state index contributed by atoms with van der Waals surface area (Å²) in [6.07, 6.45) is 2.46. The number of H-pyrrole nitrogens is 1. The quantitative estimate of drug-likeness (QED) is 0.752. The fraction of sp³-hybridized carbons (Fsp3) is 0.357. The molecule has 0 aliphatic rings. The number of aryl methyl sites for hydroxylation is 3. The van der Waals surface area contributed by atoms with E-state index in [1.165, 1.54) is 4.57 Å². The Morgan fingerprint density at radius 1 is 1.48 bits per heavy atom. The average Bonchev–Trinajstić information content (AvgIpc) is 3.00. The van der Waals surface area contributed by atoms with E-state index in [1.54, 1.807) is 17.5 Å². The number of hydrogen-bond acceptors (Lipinski definition) is 5. The third-order valence-electron chi connectivity index (χ3n) is 3.55. The number of rotatable bonds is 3. The van der Waals surface area contributed by atoms with Gasteiger partial charge in [0.1, 0.15) is 17.1 Å². The normalized spacial score (nSPS) is 11.4. The first kappa shape index (κ1) is 14.2. The number of nitrogens with one attached hydrogen (secondary N) is 1. The second-order valence-corrected chi connectivity index (χ2v) is 6.49. The molecule has 1 N–H and O–H groups in total. The van der Waals surface area contributed by atoms with Gasteiger partial charge in [-0.2, -0.15) is 0 Å². The smallest absolute Gasteiger partial charge is 0.263 e. The molecule has 0 saturated carbocycles. The molecule has 5 nitrogen and oxygen atoms in total. The molecule has 0 spiro atoms. The van der Waals surface area contributed by atoms with Gasteiger partial charge < -0.3 is 9.40 Å². The van der Waals surface area contributed by atoms with E-state index < -0.39 is 0 Å². The molecule has 0 fully saturated rings. The first-order chi connectivity index (χ1) is 10.0. The molecule has 7 heteroatoms. The van der Waals surface area contributed by atoms with Crippen LogP contribution in [0.5, 0.6) is 0 Å². The predicted octanol–water partition coefficient (Wildman–Crippen LogP) is 3.34. The number of aromatic amines is 1. The maximum atomic E-state index is 12.7. The molecule has 0 saturated heterocycles. The van der Waals surface area contributed by atoms with E-state index in [-0.39, 0.29) is 12.1 Å². The minimum absolute atomic E-state index is 0.0909. The minimum Gasteiger partial charge on any atom is -0.444 e. The van der Waals surface area contributed by atoms with Gasteiger partial charge in [-0.25, -0.2) is 4.98 Å². The van der Waals surface area contributed by atoms with Crippen molar-refractivity contribution < 1.29 is 4.42 Å². The molecule has 0 atom stereocenters. The number of fused-ring (bicyclic) bond motifs is 1. The third kappa shape index (κ3) is 2.36. The number of aromatic nitrogens is 3. The van der Waals surface area contributed by atoms with Crippen molar-refractivity contribution in [3.05, 3.63) is 43.4 Å². The summed E-state index contributed by atoms with van der Waals surface area (Å²) in [4.78, 5) is 21.9. The summed E-state index contributed by atoms with van der Waals surface area (Å²) in [5, 5.41) is 0.702. The van der Waals surface area contributed by atoms with Gasteiger partial charge in [0.2, 0.25) is 5.89 Å². The molecule has 3 rings (SSSR count). The lowest BCUT2D eigenvalue weighted by Gasteiger charge is -2.04. The van der Waals surface area contributed by atoms with Crippen molar-refractivity contribution in [2.45, 2.75) is 33.7 Å². The zero-order valence-electron chi connectivity index (χ0n) is 12.0. The van der Waals surface area contributed by atoms with Crippen LogP contribution in [0.3, 0.4) is 0 Å². The average molecular weight is 321 g/mol. The van der Waals surface area contributed by atoms with Crippen LogP contribution in [0.25, 0.3) is 10.2 Å². The van der Waals surface area contributed by atoms with Gasteiger partial charge in [0.05, 0.1) is 11.6 Å². The van der Waals surface area contributed by atoms with Crippen molar-refractivity contribution in [1.82, 2.24) is 14.5 Å². The summed E-state index contributed by atoms with van der Waals surface area (Å²) >= 11 is 6.85. The van der Waals surface area contributed by atoms with Crippen molar-refractivity contribution in [2.75, 3.05) is 0 Å². The van der Waals surface area contributed by atoms with Gasteiger partial charge in [0.15, 0.2) is 4.77 Å². The van der Waals surface area contributed by atoms with Crippen LogP contribution in [0.15, 0.2) is 15.4 Å². The molecule has 21 heavy (non-hydrogen) atoms. The highest BCUT2D eigenvalue weighted by Gasteiger charge is 2.14. The molecule has 0 unspecified atom stereocenters. The summed E-state index contributed by atoms with van der Waals surface area (Å²) < 4.78 is 7.46. The van der Waals surface area contributed by atoms with E-state index in [4.69, 9.17) is 16.6 Å². The molecule has 0 radical (unpaired) electrons. The largest absolute Gasteiger partial charge is 0.444 e. The highest BCUT2D eigenvalue weighted by atomic mass is 32.1. The van der Waals surface area contributed by atoms with Crippen LogP contribution in [0.2, 0.25) is 0 Å². The summed E-state index contributed by atoms with van der Waals surface area (Å²) in [5.41, 5.74) is 0.911. The van der Waals surface area contributed by atoms with Gasteiger partial charge in [-0.1, -0.05) is 6.92 Å². The van der Waals surface area contributed by atoms with Gasteiger partial charge in [-0.3, -0.25) is 9.36 Å².